The number of thiophene rings is 1. The number of piperidine rings is 1. The fourth-order valence-corrected chi connectivity index (χ4v) is 5.11. The smallest absolute Gasteiger partial charge is 0.264 e. The molecule has 2 atom stereocenters. The number of carbonyl (C=O) groups excluding carboxylic acids is 1. The number of benzene rings is 1. The Morgan fingerprint density at radius 3 is 2.50 bits per heavy atom. The molecule has 4 rings (SSSR count). The van der Waals surface area contributed by atoms with Gasteiger partial charge in [-0.25, -0.2) is 4.68 Å². The van der Waals surface area contributed by atoms with Gasteiger partial charge in [-0.1, -0.05) is 11.6 Å². The number of aromatic nitrogens is 2. The number of amides is 1. The van der Waals surface area contributed by atoms with Crippen LogP contribution in [0, 0.1) is 6.92 Å². The Hall–Kier alpha value is -1.85. The molecule has 1 amide bonds. The first kappa shape index (κ1) is 17.6. The molecular weight excluding hydrogens is 366 g/mol. The van der Waals surface area contributed by atoms with Gasteiger partial charge < -0.3 is 4.90 Å². The molecule has 0 bridgehead atoms. The number of likely N-dealkylation sites (tertiary alicyclic amines) is 1. The first-order valence-corrected chi connectivity index (χ1v) is 10.2. The second-order valence-corrected chi connectivity index (χ2v) is 8.61. The van der Waals surface area contributed by atoms with Gasteiger partial charge in [0.15, 0.2) is 0 Å². The molecule has 136 valence electrons. The summed E-state index contributed by atoms with van der Waals surface area (Å²) in [7, 11) is 0. The summed E-state index contributed by atoms with van der Waals surface area (Å²) in [6.07, 6.45) is 3.36. The third kappa shape index (κ3) is 2.93. The number of hydrogen-bond acceptors (Lipinski definition) is 3. The highest BCUT2D eigenvalue weighted by Gasteiger charge is 2.31. The predicted molar refractivity (Wildman–Crippen MR) is 108 cm³/mol. The van der Waals surface area contributed by atoms with Gasteiger partial charge in [-0.3, -0.25) is 4.79 Å². The van der Waals surface area contributed by atoms with Crippen molar-refractivity contribution in [2.45, 2.75) is 52.1 Å². The van der Waals surface area contributed by atoms with Crippen molar-refractivity contribution in [2.75, 3.05) is 0 Å². The second kappa shape index (κ2) is 6.71. The Kier molecular flexibility index (Phi) is 4.53. The average Bonchev–Trinajstić information content (AvgIpc) is 3.16. The standard InChI is InChI=1S/C20H22ClN3OS/c1-12-5-4-6-13(2)23(12)19(25)18-11-17-14(3)22-24(20(17)26-18)16-9-7-15(21)8-10-16/h7-13H,4-6H2,1-3H3/t12-,13-/m0/s1. The third-order valence-electron chi connectivity index (χ3n) is 5.25. The molecule has 1 aromatic carbocycles. The van der Waals surface area contributed by atoms with Gasteiger partial charge in [0.2, 0.25) is 0 Å². The van der Waals surface area contributed by atoms with Gasteiger partial charge in [0.1, 0.15) is 4.83 Å². The van der Waals surface area contributed by atoms with Crippen LogP contribution in [0.4, 0.5) is 0 Å². The van der Waals surface area contributed by atoms with Gasteiger partial charge in [-0.05, 0) is 70.4 Å². The number of fused-ring (bicyclic) bond motifs is 1. The normalized spacial score (nSPS) is 20.7. The molecule has 1 aliphatic rings. The van der Waals surface area contributed by atoms with Gasteiger partial charge in [-0.2, -0.15) is 5.10 Å². The van der Waals surface area contributed by atoms with Crippen LogP contribution in [-0.4, -0.2) is 32.7 Å². The summed E-state index contributed by atoms with van der Waals surface area (Å²) >= 11 is 7.53. The Labute approximate surface area is 162 Å². The minimum atomic E-state index is 0.146. The fraction of sp³-hybridized carbons (Fsp3) is 0.400. The van der Waals surface area contributed by atoms with Crippen molar-refractivity contribution in [3.8, 4) is 5.69 Å². The number of aryl methyl sites for hydroxylation is 1. The minimum Gasteiger partial charge on any atom is -0.333 e. The van der Waals surface area contributed by atoms with Crippen molar-refractivity contribution in [1.29, 1.82) is 0 Å². The zero-order valence-electron chi connectivity index (χ0n) is 15.2. The van der Waals surface area contributed by atoms with E-state index in [-0.39, 0.29) is 5.91 Å². The van der Waals surface area contributed by atoms with E-state index >= 15 is 0 Å². The van der Waals surface area contributed by atoms with E-state index in [1.807, 2.05) is 41.9 Å². The molecule has 0 spiro atoms. The predicted octanol–water partition coefficient (Wildman–Crippen LogP) is 5.45. The van der Waals surface area contributed by atoms with E-state index in [9.17, 15) is 4.79 Å². The summed E-state index contributed by atoms with van der Waals surface area (Å²) in [6, 6.07) is 10.2. The van der Waals surface area contributed by atoms with Crippen molar-refractivity contribution in [3.05, 3.63) is 45.9 Å². The van der Waals surface area contributed by atoms with Gasteiger partial charge in [0.05, 0.1) is 16.3 Å². The SMILES string of the molecule is Cc1nn(-c2ccc(Cl)cc2)c2sc(C(=O)N3[C@@H](C)CCC[C@@H]3C)cc12. The minimum absolute atomic E-state index is 0.146. The number of nitrogens with zero attached hydrogens (tertiary/aromatic N) is 3. The van der Waals surface area contributed by atoms with E-state index in [1.165, 1.54) is 17.8 Å². The maximum Gasteiger partial charge on any atom is 0.264 e. The number of hydrogen-bond donors (Lipinski definition) is 0. The van der Waals surface area contributed by atoms with Crippen LogP contribution in [0.1, 0.15) is 48.5 Å². The van der Waals surface area contributed by atoms with Crippen LogP contribution in [0.3, 0.4) is 0 Å². The Morgan fingerprint density at radius 1 is 1.19 bits per heavy atom. The van der Waals surface area contributed by atoms with Gasteiger partial charge in [0.25, 0.3) is 5.91 Å². The molecule has 1 saturated heterocycles. The Morgan fingerprint density at radius 2 is 1.85 bits per heavy atom. The summed E-state index contributed by atoms with van der Waals surface area (Å²) in [6.45, 7) is 6.30. The van der Waals surface area contributed by atoms with Crippen LogP contribution in [0.2, 0.25) is 5.02 Å². The summed E-state index contributed by atoms with van der Waals surface area (Å²) in [4.78, 5) is 17.0. The Bertz CT molecular complexity index is 950. The van der Waals surface area contributed by atoms with Gasteiger partial charge in [-0.15, -0.1) is 11.3 Å². The van der Waals surface area contributed by atoms with Crippen molar-refractivity contribution in [1.82, 2.24) is 14.7 Å². The van der Waals surface area contributed by atoms with E-state index in [2.05, 4.69) is 23.8 Å². The number of halogens is 1. The highest BCUT2D eigenvalue weighted by molar-refractivity contribution is 7.20. The van der Waals surface area contributed by atoms with Crippen LogP contribution in [0.15, 0.2) is 30.3 Å². The average molecular weight is 388 g/mol. The topological polar surface area (TPSA) is 38.1 Å². The molecule has 3 heterocycles. The molecule has 2 aromatic heterocycles. The zero-order valence-corrected chi connectivity index (χ0v) is 16.8. The molecule has 0 saturated carbocycles. The zero-order chi connectivity index (χ0) is 18.4. The summed E-state index contributed by atoms with van der Waals surface area (Å²) in [5.74, 6) is 0.146. The number of carbonyl (C=O) groups is 1. The molecule has 6 heteroatoms. The maximum absolute atomic E-state index is 13.2. The largest absolute Gasteiger partial charge is 0.333 e. The quantitative estimate of drug-likeness (QED) is 0.586. The lowest BCUT2D eigenvalue weighted by atomic mass is 9.97. The van der Waals surface area contributed by atoms with E-state index in [0.717, 1.165) is 39.3 Å². The molecule has 0 aliphatic carbocycles. The lowest BCUT2D eigenvalue weighted by molar-refractivity contribution is 0.0516. The van der Waals surface area contributed by atoms with E-state index < -0.39 is 0 Å². The number of rotatable bonds is 2. The highest BCUT2D eigenvalue weighted by Crippen LogP contribution is 2.33. The fourth-order valence-electron chi connectivity index (χ4n) is 3.86. The van der Waals surface area contributed by atoms with Gasteiger partial charge >= 0.3 is 0 Å². The van der Waals surface area contributed by atoms with Crippen molar-refractivity contribution >= 4 is 39.1 Å². The van der Waals surface area contributed by atoms with Crippen molar-refractivity contribution in [3.63, 3.8) is 0 Å². The lowest BCUT2D eigenvalue weighted by Gasteiger charge is -2.38. The molecule has 26 heavy (non-hydrogen) atoms. The maximum atomic E-state index is 13.2. The van der Waals surface area contributed by atoms with Crippen molar-refractivity contribution in [2.24, 2.45) is 0 Å². The molecule has 1 fully saturated rings. The Balaban J connectivity index is 1.75. The molecule has 0 radical (unpaired) electrons. The third-order valence-corrected chi connectivity index (χ3v) is 6.61. The molecule has 1 aliphatic heterocycles. The van der Waals surface area contributed by atoms with E-state index in [0.29, 0.717) is 17.1 Å². The molecule has 3 aromatic rings. The summed E-state index contributed by atoms with van der Waals surface area (Å²) in [5.41, 5.74) is 1.89. The van der Waals surface area contributed by atoms with Gasteiger partial charge in [0, 0.05) is 22.5 Å². The molecule has 0 unspecified atom stereocenters. The van der Waals surface area contributed by atoms with E-state index in [1.54, 1.807) is 0 Å². The first-order chi connectivity index (χ1) is 12.5. The van der Waals surface area contributed by atoms with E-state index in [4.69, 9.17) is 11.6 Å². The molecule has 0 N–H and O–H groups in total. The van der Waals surface area contributed by atoms with Crippen LogP contribution in [-0.2, 0) is 0 Å². The van der Waals surface area contributed by atoms with Crippen LogP contribution >= 0.6 is 22.9 Å². The van der Waals surface area contributed by atoms with Crippen LogP contribution in [0.25, 0.3) is 15.9 Å². The van der Waals surface area contributed by atoms with Crippen LogP contribution < -0.4 is 0 Å². The lowest BCUT2D eigenvalue weighted by Crippen LogP contribution is -2.47. The first-order valence-electron chi connectivity index (χ1n) is 9.03. The summed E-state index contributed by atoms with van der Waals surface area (Å²) in [5, 5.41) is 6.40. The van der Waals surface area contributed by atoms with Crippen LogP contribution in [0.5, 0.6) is 0 Å². The summed E-state index contributed by atoms with van der Waals surface area (Å²) < 4.78 is 1.91. The highest BCUT2D eigenvalue weighted by atomic mass is 35.5. The molecule has 4 nitrogen and oxygen atoms in total. The molecular formula is C20H22ClN3OS. The second-order valence-electron chi connectivity index (χ2n) is 7.14. The monoisotopic (exact) mass is 387 g/mol. The van der Waals surface area contributed by atoms with Crippen molar-refractivity contribution < 1.29 is 4.79 Å².